The number of carbonyl (C=O) groups excluding carboxylic acids is 1. The number of aryl methyl sites for hydroxylation is 1. The Morgan fingerprint density at radius 1 is 0.971 bits per heavy atom. The smallest absolute Gasteiger partial charge is 0.261 e. The van der Waals surface area contributed by atoms with Gasteiger partial charge in [0.2, 0.25) is 0 Å². The molecule has 3 aromatic rings. The van der Waals surface area contributed by atoms with Crippen LogP contribution in [0.2, 0.25) is 5.02 Å². The highest BCUT2D eigenvalue weighted by Crippen LogP contribution is 2.23. The van der Waals surface area contributed by atoms with Gasteiger partial charge in [-0.25, -0.2) is 8.42 Å². The van der Waals surface area contributed by atoms with Crippen LogP contribution in [-0.2, 0) is 23.1 Å². The van der Waals surface area contributed by atoms with E-state index in [1.807, 2.05) is 25.1 Å². The number of nitrogens with zero attached hydrogens (tertiary/aromatic N) is 1. The molecule has 0 radical (unpaired) electrons. The first-order chi connectivity index (χ1) is 16.3. The first kappa shape index (κ1) is 24.3. The van der Waals surface area contributed by atoms with Crippen molar-refractivity contribution < 1.29 is 13.2 Å². The van der Waals surface area contributed by atoms with Gasteiger partial charge >= 0.3 is 0 Å². The van der Waals surface area contributed by atoms with Gasteiger partial charge in [-0.05, 0) is 79.9 Å². The third-order valence-corrected chi connectivity index (χ3v) is 7.55. The van der Waals surface area contributed by atoms with E-state index in [0.717, 1.165) is 30.8 Å². The largest absolute Gasteiger partial charge is 0.348 e. The lowest BCUT2D eigenvalue weighted by Gasteiger charge is -2.15. The fourth-order valence-electron chi connectivity index (χ4n) is 4.01. The van der Waals surface area contributed by atoms with Crippen molar-refractivity contribution in [1.29, 1.82) is 0 Å². The van der Waals surface area contributed by atoms with E-state index in [1.54, 1.807) is 18.2 Å². The molecule has 2 N–H and O–H groups in total. The first-order valence-corrected chi connectivity index (χ1v) is 13.1. The normalized spacial score (nSPS) is 14.2. The van der Waals surface area contributed by atoms with Crippen molar-refractivity contribution in [3.63, 3.8) is 0 Å². The minimum atomic E-state index is -3.88. The summed E-state index contributed by atoms with van der Waals surface area (Å²) in [4.78, 5) is 15.2. The van der Waals surface area contributed by atoms with Crippen LogP contribution in [-0.4, -0.2) is 32.3 Å². The Kier molecular flexibility index (Phi) is 7.56. The number of rotatable bonds is 8. The number of sulfonamides is 1. The van der Waals surface area contributed by atoms with Gasteiger partial charge in [0.05, 0.1) is 15.5 Å². The molecule has 1 fully saturated rings. The summed E-state index contributed by atoms with van der Waals surface area (Å²) in [5.41, 5.74) is 3.70. The minimum Gasteiger partial charge on any atom is -0.348 e. The van der Waals surface area contributed by atoms with Crippen molar-refractivity contribution in [2.75, 3.05) is 17.8 Å². The van der Waals surface area contributed by atoms with Crippen LogP contribution in [0.4, 0.5) is 5.69 Å². The molecule has 6 nitrogen and oxygen atoms in total. The van der Waals surface area contributed by atoms with Crippen molar-refractivity contribution in [1.82, 2.24) is 10.2 Å². The topological polar surface area (TPSA) is 78.5 Å². The molecule has 0 bridgehead atoms. The van der Waals surface area contributed by atoms with Gasteiger partial charge in [-0.2, -0.15) is 0 Å². The van der Waals surface area contributed by atoms with Crippen LogP contribution in [0, 0.1) is 6.92 Å². The molecular weight excluding hydrogens is 470 g/mol. The maximum absolute atomic E-state index is 12.8. The number of hydrogen-bond acceptors (Lipinski definition) is 4. The summed E-state index contributed by atoms with van der Waals surface area (Å²) in [6.45, 7) is 5.43. The van der Waals surface area contributed by atoms with E-state index in [1.165, 1.54) is 36.6 Å². The fourth-order valence-corrected chi connectivity index (χ4v) is 5.29. The standard InChI is InChI=1S/C26H28ClN3O3S/c1-19-5-4-6-22(15-19)29-34(32,33)23-11-12-25(27)24(16-23)26(31)28-17-20-7-9-21(10-8-20)18-30-13-2-3-14-30/h4-12,15-16,29H,2-3,13-14,17-18H2,1H3,(H,28,31). The number of anilines is 1. The third-order valence-electron chi connectivity index (χ3n) is 5.84. The van der Waals surface area contributed by atoms with Gasteiger partial charge in [0.15, 0.2) is 0 Å². The first-order valence-electron chi connectivity index (χ1n) is 11.3. The monoisotopic (exact) mass is 497 g/mol. The predicted octanol–water partition coefficient (Wildman–Crippen LogP) is 4.98. The highest BCUT2D eigenvalue weighted by Gasteiger charge is 2.19. The average Bonchev–Trinajstić information content (AvgIpc) is 3.31. The molecule has 1 heterocycles. The Morgan fingerprint density at radius 3 is 2.38 bits per heavy atom. The van der Waals surface area contributed by atoms with Gasteiger partial charge in [0.1, 0.15) is 0 Å². The summed E-state index contributed by atoms with van der Waals surface area (Å²) >= 11 is 6.22. The van der Waals surface area contributed by atoms with Gasteiger partial charge in [0.25, 0.3) is 15.9 Å². The van der Waals surface area contributed by atoms with E-state index in [-0.39, 0.29) is 15.5 Å². The van der Waals surface area contributed by atoms with Crippen LogP contribution in [0.15, 0.2) is 71.6 Å². The Balaban J connectivity index is 1.41. The van der Waals surface area contributed by atoms with Gasteiger partial charge in [-0.3, -0.25) is 14.4 Å². The molecule has 0 aliphatic carbocycles. The fraction of sp³-hybridized carbons (Fsp3) is 0.269. The van der Waals surface area contributed by atoms with Crippen LogP contribution in [0.25, 0.3) is 0 Å². The minimum absolute atomic E-state index is 0.0326. The molecule has 4 rings (SSSR count). The average molecular weight is 498 g/mol. The molecule has 1 saturated heterocycles. The van der Waals surface area contributed by atoms with Crippen molar-refractivity contribution in [2.45, 2.75) is 37.8 Å². The highest BCUT2D eigenvalue weighted by molar-refractivity contribution is 7.92. The van der Waals surface area contributed by atoms with Gasteiger partial charge in [-0.1, -0.05) is 48.0 Å². The molecule has 8 heteroatoms. The number of benzene rings is 3. The molecule has 0 saturated carbocycles. The van der Waals surface area contributed by atoms with Gasteiger partial charge < -0.3 is 5.32 Å². The number of carbonyl (C=O) groups is 1. The lowest BCUT2D eigenvalue weighted by molar-refractivity contribution is 0.0951. The summed E-state index contributed by atoms with van der Waals surface area (Å²) in [5, 5.41) is 3.02. The zero-order valence-electron chi connectivity index (χ0n) is 19.1. The van der Waals surface area contributed by atoms with E-state index < -0.39 is 15.9 Å². The SMILES string of the molecule is Cc1cccc(NS(=O)(=O)c2ccc(Cl)c(C(=O)NCc3ccc(CN4CCCC4)cc3)c2)c1. The quantitative estimate of drug-likeness (QED) is 0.460. The van der Waals surface area contributed by atoms with Crippen molar-refractivity contribution >= 4 is 33.2 Å². The molecular formula is C26H28ClN3O3S. The Morgan fingerprint density at radius 2 is 1.68 bits per heavy atom. The molecule has 1 aliphatic heterocycles. The van der Waals surface area contributed by atoms with Crippen LogP contribution in [0.5, 0.6) is 0 Å². The van der Waals surface area contributed by atoms with E-state index in [0.29, 0.717) is 12.2 Å². The second kappa shape index (κ2) is 10.6. The van der Waals surface area contributed by atoms with Crippen LogP contribution < -0.4 is 10.0 Å². The Bertz CT molecular complexity index is 1270. The Hall–Kier alpha value is -2.87. The molecule has 0 unspecified atom stereocenters. The zero-order chi connectivity index (χ0) is 24.1. The number of hydrogen-bond donors (Lipinski definition) is 2. The lowest BCUT2D eigenvalue weighted by Crippen LogP contribution is -2.24. The molecule has 1 amide bonds. The molecule has 0 spiro atoms. The maximum atomic E-state index is 12.8. The maximum Gasteiger partial charge on any atom is 0.261 e. The van der Waals surface area contributed by atoms with Crippen LogP contribution in [0.1, 0.15) is 39.9 Å². The Labute approximate surface area is 206 Å². The summed E-state index contributed by atoms with van der Waals surface area (Å²) in [6.07, 6.45) is 2.52. The van der Waals surface area contributed by atoms with Crippen molar-refractivity contribution in [2.24, 2.45) is 0 Å². The summed E-state index contributed by atoms with van der Waals surface area (Å²) in [6, 6.07) is 19.3. The number of nitrogens with one attached hydrogen (secondary N) is 2. The third kappa shape index (κ3) is 6.17. The zero-order valence-corrected chi connectivity index (χ0v) is 20.6. The van der Waals surface area contributed by atoms with Gasteiger partial charge in [0, 0.05) is 18.8 Å². The molecule has 178 valence electrons. The molecule has 0 aromatic heterocycles. The molecule has 0 atom stereocenters. The molecule has 1 aliphatic rings. The van der Waals surface area contributed by atoms with E-state index in [9.17, 15) is 13.2 Å². The van der Waals surface area contributed by atoms with E-state index >= 15 is 0 Å². The van der Waals surface area contributed by atoms with E-state index in [4.69, 9.17) is 11.6 Å². The van der Waals surface area contributed by atoms with Crippen LogP contribution in [0.3, 0.4) is 0 Å². The number of amides is 1. The lowest BCUT2D eigenvalue weighted by atomic mass is 10.1. The predicted molar refractivity (Wildman–Crippen MR) is 136 cm³/mol. The van der Waals surface area contributed by atoms with Crippen molar-refractivity contribution in [3.8, 4) is 0 Å². The summed E-state index contributed by atoms with van der Waals surface area (Å²) < 4.78 is 28.2. The number of halogens is 1. The van der Waals surface area contributed by atoms with Crippen molar-refractivity contribution in [3.05, 3.63) is 94.0 Å². The summed E-state index contributed by atoms with van der Waals surface area (Å²) in [5.74, 6) is -0.432. The van der Waals surface area contributed by atoms with E-state index in [2.05, 4.69) is 27.1 Å². The molecule has 3 aromatic carbocycles. The second-order valence-electron chi connectivity index (χ2n) is 8.60. The highest BCUT2D eigenvalue weighted by atomic mass is 35.5. The van der Waals surface area contributed by atoms with Gasteiger partial charge in [-0.15, -0.1) is 0 Å². The number of likely N-dealkylation sites (tertiary alicyclic amines) is 1. The summed E-state index contributed by atoms with van der Waals surface area (Å²) in [7, 11) is -3.88. The second-order valence-corrected chi connectivity index (χ2v) is 10.7. The molecule has 34 heavy (non-hydrogen) atoms. The van der Waals surface area contributed by atoms with Crippen LogP contribution >= 0.6 is 11.6 Å².